The number of carbonyl (C=O) groups is 1. The van der Waals surface area contributed by atoms with E-state index in [4.69, 9.17) is 18.0 Å². The lowest BCUT2D eigenvalue weighted by Crippen LogP contribution is -2.33. The van der Waals surface area contributed by atoms with E-state index in [0.29, 0.717) is 30.1 Å². The van der Waals surface area contributed by atoms with E-state index in [2.05, 4.69) is 15.9 Å². The molecule has 0 saturated heterocycles. The van der Waals surface area contributed by atoms with Gasteiger partial charge in [-0.05, 0) is 37.6 Å². The maximum absolute atomic E-state index is 12.3. The summed E-state index contributed by atoms with van der Waals surface area (Å²) in [6.07, 6.45) is 0.557. The van der Waals surface area contributed by atoms with Crippen LogP contribution < -0.4 is 5.73 Å². The van der Waals surface area contributed by atoms with Crippen LogP contribution in [-0.2, 0) is 0 Å². The van der Waals surface area contributed by atoms with Gasteiger partial charge in [0.05, 0.1) is 4.99 Å². The van der Waals surface area contributed by atoms with Crippen molar-refractivity contribution in [3.8, 4) is 0 Å². The number of carbonyl (C=O) groups excluding carboxylic acids is 1. The van der Waals surface area contributed by atoms with E-state index in [1.807, 2.05) is 32.0 Å². The molecule has 5 heteroatoms. The first-order chi connectivity index (χ1) is 8.43. The van der Waals surface area contributed by atoms with Crippen LogP contribution in [0.2, 0.25) is 0 Å². The molecule has 1 rings (SSSR count). The first-order valence-corrected chi connectivity index (χ1v) is 6.99. The largest absolute Gasteiger partial charge is 0.393 e. The highest BCUT2D eigenvalue weighted by atomic mass is 79.9. The van der Waals surface area contributed by atoms with Crippen molar-refractivity contribution in [1.29, 1.82) is 0 Å². The second-order valence-corrected chi connectivity index (χ2v) is 5.56. The lowest BCUT2D eigenvalue weighted by molar-refractivity contribution is 0.0768. The van der Waals surface area contributed by atoms with Crippen LogP contribution in [0, 0.1) is 6.92 Å². The van der Waals surface area contributed by atoms with Gasteiger partial charge < -0.3 is 10.6 Å². The molecule has 0 aliphatic rings. The Balaban J connectivity index is 2.85. The zero-order valence-corrected chi connectivity index (χ0v) is 13.0. The Morgan fingerprint density at radius 1 is 1.44 bits per heavy atom. The number of rotatable bonds is 5. The average Bonchev–Trinajstić information content (AvgIpc) is 2.27. The molecule has 0 fully saturated rings. The summed E-state index contributed by atoms with van der Waals surface area (Å²) in [5, 5.41) is 0. The molecule has 0 unspecified atom stereocenters. The molecular weight excluding hydrogens is 312 g/mol. The van der Waals surface area contributed by atoms with Crippen molar-refractivity contribution in [2.75, 3.05) is 13.1 Å². The second-order valence-electron chi connectivity index (χ2n) is 4.12. The van der Waals surface area contributed by atoms with Crippen molar-refractivity contribution < 1.29 is 4.79 Å². The summed E-state index contributed by atoms with van der Waals surface area (Å²) < 4.78 is 0.913. The Labute approximate surface area is 121 Å². The number of aryl methyl sites for hydroxylation is 1. The van der Waals surface area contributed by atoms with Gasteiger partial charge in [0.15, 0.2) is 0 Å². The molecule has 3 nitrogen and oxygen atoms in total. The van der Waals surface area contributed by atoms with Crippen LogP contribution in [0.25, 0.3) is 0 Å². The predicted molar refractivity (Wildman–Crippen MR) is 81.9 cm³/mol. The molecule has 0 atom stereocenters. The van der Waals surface area contributed by atoms with Gasteiger partial charge >= 0.3 is 0 Å². The van der Waals surface area contributed by atoms with E-state index in [-0.39, 0.29) is 5.91 Å². The molecule has 0 spiro atoms. The first-order valence-electron chi connectivity index (χ1n) is 5.78. The van der Waals surface area contributed by atoms with Crippen molar-refractivity contribution in [2.24, 2.45) is 5.73 Å². The monoisotopic (exact) mass is 328 g/mol. The molecule has 0 aliphatic carbocycles. The molecule has 0 heterocycles. The quantitative estimate of drug-likeness (QED) is 0.845. The van der Waals surface area contributed by atoms with E-state index in [0.717, 1.165) is 10.0 Å². The highest BCUT2D eigenvalue weighted by Gasteiger charge is 2.14. The molecular formula is C13H17BrN2OS. The van der Waals surface area contributed by atoms with Crippen molar-refractivity contribution in [3.63, 3.8) is 0 Å². The fourth-order valence-corrected chi connectivity index (χ4v) is 2.39. The maximum Gasteiger partial charge on any atom is 0.253 e. The number of thiocarbonyl (C=S) groups is 1. The highest BCUT2D eigenvalue weighted by Crippen LogP contribution is 2.17. The molecule has 0 aromatic heterocycles. The van der Waals surface area contributed by atoms with Crippen LogP contribution in [0.5, 0.6) is 0 Å². The van der Waals surface area contributed by atoms with Gasteiger partial charge in [0.25, 0.3) is 5.91 Å². The summed E-state index contributed by atoms with van der Waals surface area (Å²) in [4.78, 5) is 14.5. The standard InChI is InChI=1S/C13H17BrN2OS/c1-3-16(5-4-12(15)18)13(17)10-6-9(2)7-11(14)8-10/h6-8H,3-5H2,1-2H3,(H2,15,18). The van der Waals surface area contributed by atoms with E-state index >= 15 is 0 Å². The minimum atomic E-state index is 0.0122. The van der Waals surface area contributed by atoms with Crippen molar-refractivity contribution >= 4 is 39.0 Å². The maximum atomic E-state index is 12.3. The Morgan fingerprint density at radius 2 is 2.11 bits per heavy atom. The van der Waals surface area contributed by atoms with E-state index < -0.39 is 0 Å². The zero-order chi connectivity index (χ0) is 13.7. The normalized spacial score (nSPS) is 10.2. The Hall–Kier alpha value is -0.940. The summed E-state index contributed by atoms with van der Waals surface area (Å²) in [5.41, 5.74) is 7.21. The second kappa shape index (κ2) is 6.85. The average molecular weight is 329 g/mol. The number of nitrogens with zero attached hydrogens (tertiary/aromatic N) is 1. The van der Waals surface area contributed by atoms with Crippen molar-refractivity contribution in [3.05, 3.63) is 33.8 Å². The molecule has 0 radical (unpaired) electrons. The van der Waals surface area contributed by atoms with Crippen molar-refractivity contribution in [2.45, 2.75) is 20.3 Å². The molecule has 1 amide bonds. The Morgan fingerprint density at radius 3 is 2.61 bits per heavy atom. The molecule has 1 aromatic carbocycles. The number of halogens is 1. The number of benzene rings is 1. The molecule has 0 aliphatic heterocycles. The fourth-order valence-electron chi connectivity index (χ4n) is 1.69. The fraction of sp³-hybridized carbons (Fsp3) is 0.385. The summed E-state index contributed by atoms with van der Waals surface area (Å²) >= 11 is 8.24. The number of amides is 1. The third-order valence-corrected chi connectivity index (χ3v) is 3.25. The molecule has 1 aromatic rings. The smallest absolute Gasteiger partial charge is 0.253 e. The summed E-state index contributed by atoms with van der Waals surface area (Å²) in [6, 6.07) is 5.69. The minimum absolute atomic E-state index is 0.0122. The minimum Gasteiger partial charge on any atom is -0.393 e. The van der Waals surface area contributed by atoms with Gasteiger partial charge in [-0.1, -0.05) is 28.1 Å². The topological polar surface area (TPSA) is 46.3 Å². The third kappa shape index (κ3) is 4.38. The van der Waals surface area contributed by atoms with Crippen molar-refractivity contribution in [1.82, 2.24) is 4.90 Å². The van der Waals surface area contributed by atoms with E-state index in [1.165, 1.54) is 0 Å². The number of hydrogen-bond donors (Lipinski definition) is 1. The molecule has 98 valence electrons. The summed E-state index contributed by atoms with van der Waals surface area (Å²) in [7, 11) is 0. The first kappa shape index (κ1) is 15.1. The van der Waals surface area contributed by atoms with Crippen LogP contribution in [0.3, 0.4) is 0 Å². The lowest BCUT2D eigenvalue weighted by atomic mass is 10.1. The SMILES string of the molecule is CCN(CCC(N)=S)C(=O)c1cc(C)cc(Br)c1. The molecule has 18 heavy (non-hydrogen) atoms. The number of hydrogen-bond acceptors (Lipinski definition) is 2. The Kier molecular flexibility index (Phi) is 5.75. The predicted octanol–water partition coefficient (Wildman–Crippen LogP) is 2.90. The van der Waals surface area contributed by atoms with Crippen LogP contribution in [0.15, 0.2) is 22.7 Å². The lowest BCUT2D eigenvalue weighted by Gasteiger charge is -2.21. The number of nitrogens with two attached hydrogens (primary N) is 1. The van der Waals surface area contributed by atoms with Gasteiger partial charge in [-0.15, -0.1) is 0 Å². The molecule has 0 saturated carbocycles. The highest BCUT2D eigenvalue weighted by molar-refractivity contribution is 9.10. The van der Waals surface area contributed by atoms with Crippen LogP contribution in [0.4, 0.5) is 0 Å². The van der Waals surface area contributed by atoms with E-state index in [9.17, 15) is 4.79 Å². The Bertz CT molecular complexity index is 442. The molecule has 2 N–H and O–H groups in total. The van der Waals surface area contributed by atoms with Gasteiger partial charge in [-0.3, -0.25) is 4.79 Å². The van der Waals surface area contributed by atoms with Crippen LogP contribution in [0.1, 0.15) is 29.3 Å². The summed E-state index contributed by atoms with van der Waals surface area (Å²) in [5.74, 6) is 0.0122. The van der Waals surface area contributed by atoms with E-state index in [1.54, 1.807) is 4.90 Å². The third-order valence-electron chi connectivity index (χ3n) is 2.59. The summed E-state index contributed by atoms with van der Waals surface area (Å²) in [6.45, 7) is 5.12. The van der Waals surface area contributed by atoms with Gasteiger partial charge in [0.1, 0.15) is 0 Å². The van der Waals surface area contributed by atoms with Gasteiger partial charge in [0.2, 0.25) is 0 Å². The van der Waals surface area contributed by atoms with Gasteiger partial charge in [-0.2, -0.15) is 0 Å². The van der Waals surface area contributed by atoms with Gasteiger partial charge in [-0.25, -0.2) is 0 Å². The van der Waals surface area contributed by atoms with Crippen LogP contribution >= 0.6 is 28.1 Å². The van der Waals surface area contributed by atoms with Crippen LogP contribution in [-0.4, -0.2) is 28.9 Å². The van der Waals surface area contributed by atoms with Gasteiger partial charge in [0, 0.05) is 29.5 Å². The molecule has 0 bridgehead atoms. The zero-order valence-electron chi connectivity index (χ0n) is 10.6.